The van der Waals surface area contributed by atoms with Crippen LogP contribution in [0.3, 0.4) is 0 Å². The van der Waals surface area contributed by atoms with Crippen LogP contribution in [-0.4, -0.2) is 4.98 Å². The van der Waals surface area contributed by atoms with Gasteiger partial charge in [-0.15, -0.1) is 0 Å². The summed E-state index contributed by atoms with van der Waals surface area (Å²) < 4.78 is 13.7. The van der Waals surface area contributed by atoms with Gasteiger partial charge in [-0.1, -0.05) is 34.6 Å². The fraction of sp³-hybridized carbons (Fsp3) is 0.615. The van der Waals surface area contributed by atoms with E-state index in [2.05, 4.69) is 25.8 Å². The molecule has 0 fully saturated rings. The number of halogens is 1. The number of rotatable bonds is 3. The molecule has 0 unspecified atom stereocenters. The van der Waals surface area contributed by atoms with Gasteiger partial charge in [-0.25, -0.2) is 4.39 Å². The second-order valence-corrected chi connectivity index (χ2v) is 4.55. The molecule has 1 aromatic heterocycles. The molecule has 0 radical (unpaired) electrons. The molecule has 1 aromatic rings. The second-order valence-electron chi connectivity index (χ2n) is 4.55. The maximum atomic E-state index is 13.7. The van der Waals surface area contributed by atoms with Crippen LogP contribution in [0.2, 0.25) is 0 Å². The molecule has 84 valence electrons. The normalized spacial score (nSPS) is 11.5. The predicted octanol–water partition coefficient (Wildman–Crippen LogP) is 4.03. The lowest BCUT2D eigenvalue weighted by Crippen LogP contribution is -2.08. The van der Waals surface area contributed by atoms with Gasteiger partial charge >= 0.3 is 0 Å². The number of nitrogens with zero attached hydrogens (tertiary/aromatic N) is 1. The minimum Gasteiger partial charge on any atom is -0.258 e. The smallest absolute Gasteiger partial charge is 0.145 e. The maximum absolute atomic E-state index is 13.7. The van der Waals surface area contributed by atoms with Crippen LogP contribution < -0.4 is 0 Å². The van der Waals surface area contributed by atoms with E-state index in [9.17, 15) is 4.39 Å². The standard InChI is InChI=1S/C13H20FN/c1-6-10-12(8(2)3)11(14)7-15-13(10)9(4)5/h7-9H,6H2,1-5H3. The first kappa shape index (κ1) is 12.2. The molecule has 15 heavy (non-hydrogen) atoms. The van der Waals surface area contributed by atoms with E-state index in [1.54, 1.807) is 0 Å². The Kier molecular flexibility index (Phi) is 3.83. The van der Waals surface area contributed by atoms with E-state index in [0.717, 1.165) is 23.2 Å². The Labute approximate surface area is 91.7 Å². The average Bonchev–Trinajstić information content (AvgIpc) is 2.15. The third-order valence-corrected chi connectivity index (χ3v) is 2.69. The summed E-state index contributed by atoms with van der Waals surface area (Å²) in [5, 5.41) is 0. The highest BCUT2D eigenvalue weighted by atomic mass is 19.1. The molecule has 0 spiro atoms. The molecular formula is C13H20FN. The molecule has 0 aliphatic carbocycles. The Morgan fingerprint density at radius 2 is 1.80 bits per heavy atom. The van der Waals surface area contributed by atoms with Crippen molar-refractivity contribution in [2.45, 2.75) is 52.9 Å². The zero-order valence-corrected chi connectivity index (χ0v) is 10.3. The first-order valence-electron chi connectivity index (χ1n) is 5.66. The topological polar surface area (TPSA) is 12.9 Å². The van der Waals surface area contributed by atoms with Gasteiger partial charge in [0.05, 0.1) is 6.20 Å². The summed E-state index contributed by atoms with van der Waals surface area (Å²) in [7, 11) is 0. The molecule has 0 aliphatic rings. The number of hydrogen-bond donors (Lipinski definition) is 0. The molecule has 1 rings (SSSR count). The van der Waals surface area contributed by atoms with Gasteiger partial charge in [0.15, 0.2) is 0 Å². The maximum Gasteiger partial charge on any atom is 0.145 e. The number of hydrogen-bond acceptors (Lipinski definition) is 1. The lowest BCUT2D eigenvalue weighted by Gasteiger charge is -2.18. The van der Waals surface area contributed by atoms with Crippen LogP contribution in [-0.2, 0) is 6.42 Å². The number of aromatic nitrogens is 1. The van der Waals surface area contributed by atoms with E-state index < -0.39 is 0 Å². The lowest BCUT2D eigenvalue weighted by atomic mass is 9.91. The van der Waals surface area contributed by atoms with Gasteiger partial charge in [-0.05, 0) is 29.4 Å². The van der Waals surface area contributed by atoms with Crippen LogP contribution >= 0.6 is 0 Å². The molecule has 2 heteroatoms. The van der Waals surface area contributed by atoms with E-state index >= 15 is 0 Å². The first-order valence-corrected chi connectivity index (χ1v) is 5.66. The highest BCUT2D eigenvalue weighted by Gasteiger charge is 2.17. The summed E-state index contributed by atoms with van der Waals surface area (Å²) in [5.74, 6) is 0.421. The molecule has 0 amide bonds. The minimum absolute atomic E-state index is 0.161. The van der Waals surface area contributed by atoms with E-state index in [0.29, 0.717) is 5.92 Å². The van der Waals surface area contributed by atoms with Gasteiger partial charge < -0.3 is 0 Å². The average molecular weight is 209 g/mol. The van der Waals surface area contributed by atoms with Crippen molar-refractivity contribution in [3.8, 4) is 0 Å². The van der Waals surface area contributed by atoms with Crippen molar-refractivity contribution >= 4 is 0 Å². The summed E-state index contributed by atoms with van der Waals surface area (Å²) in [6.45, 7) is 10.3. The van der Waals surface area contributed by atoms with Crippen molar-refractivity contribution in [2.75, 3.05) is 0 Å². The zero-order chi connectivity index (χ0) is 11.6. The van der Waals surface area contributed by atoms with Crippen molar-refractivity contribution in [1.82, 2.24) is 4.98 Å². The van der Waals surface area contributed by atoms with Gasteiger partial charge in [0.2, 0.25) is 0 Å². The van der Waals surface area contributed by atoms with Crippen molar-refractivity contribution in [3.05, 3.63) is 28.8 Å². The molecule has 0 atom stereocenters. The van der Waals surface area contributed by atoms with E-state index in [-0.39, 0.29) is 11.7 Å². The Balaban J connectivity index is 3.40. The third kappa shape index (κ3) is 2.36. The van der Waals surface area contributed by atoms with E-state index in [1.807, 2.05) is 13.8 Å². The monoisotopic (exact) mass is 209 g/mol. The van der Waals surface area contributed by atoms with Gasteiger partial charge in [0.1, 0.15) is 5.82 Å². The van der Waals surface area contributed by atoms with Crippen molar-refractivity contribution < 1.29 is 4.39 Å². The van der Waals surface area contributed by atoms with Gasteiger partial charge in [-0.2, -0.15) is 0 Å². The molecule has 0 saturated heterocycles. The number of pyridine rings is 1. The van der Waals surface area contributed by atoms with E-state index in [1.165, 1.54) is 6.20 Å². The summed E-state index contributed by atoms with van der Waals surface area (Å²) >= 11 is 0. The summed E-state index contributed by atoms with van der Waals surface area (Å²) in [5.41, 5.74) is 2.99. The predicted molar refractivity (Wildman–Crippen MR) is 61.8 cm³/mol. The van der Waals surface area contributed by atoms with Crippen molar-refractivity contribution in [2.24, 2.45) is 0 Å². The van der Waals surface area contributed by atoms with Gasteiger partial charge in [-0.3, -0.25) is 4.98 Å². The molecule has 0 bridgehead atoms. The zero-order valence-electron chi connectivity index (χ0n) is 10.3. The van der Waals surface area contributed by atoms with E-state index in [4.69, 9.17) is 0 Å². The van der Waals surface area contributed by atoms with Crippen LogP contribution in [0, 0.1) is 5.82 Å². The molecule has 0 aliphatic heterocycles. The Morgan fingerprint density at radius 1 is 1.20 bits per heavy atom. The van der Waals surface area contributed by atoms with Crippen molar-refractivity contribution in [3.63, 3.8) is 0 Å². The third-order valence-electron chi connectivity index (χ3n) is 2.69. The molecule has 0 saturated carbocycles. The highest BCUT2D eigenvalue weighted by molar-refractivity contribution is 5.35. The van der Waals surface area contributed by atoms with Crippen LogP contribution in [0.15, 0.2) is 6.20 Å². The first-order chi connectivity index (χ1) is 6.99. The fourth-order valence-corrected chi connectivity index (χ4v) is 2.05. The van der Waals surface area contributed by atoms with Crippen molar-refractivity contribution in [1.29, 1.82) is 0 Å². The van der Waals surface area contributed by atoms with Gasteiger partial charge in [0, 0.05) is 5.69 Å². The summed E-state index contributed by atoms with van der Waals surface area (Å²) in [6.07, 6.45) is 2.22. The van der Waals surface area contributed by atoms with Gasteiger partial charge in [0.25, 0.3) is 0 Å². The Bertz CT molecular complexity index is 343. The Hall–Kier alpha value is -0.920. The van der Waals surface area contributed by atoms with Crippen LogP contribution in [0.5, 0.6) is 0 Å². The van der Waals surface area contributed by atoms with Crippen LogP contribution in [0.1, 0.15) is 63.3 Å². The lowest BCUT2D eigenvalue weighted by molar-refractivity contribution is 0.580. The highest BCUT2D eigenvalue weighted by Crippen LogP contribution is 2.28. The second kappa shape index (κ2) is 4.73. The summed E-state index contributed by atoms with van der Waals surface area (Å²) in [4.78, 5) is 4.22. The largest absolute Gasteiger partial charge is 0.258 e. The fourth-order valence-electron chi connectivity index (χ4n) is 2.05. The van der Waals surface area contributed by atoms with Crippen LogP contribution in [0.25, 0.3) is 0 Å². The Morgan fingerprint density at radius 3 is 2.20 bits per heavy atom. The molecule has 1 nitrogen and oxygen atoms in total. The quantitative estimate of drug-likeness (QED) is 0.732. The van der Waals surface area contributed by atoms with Crippen LogP contribution in [0.4, 0.5) is 4.39 Å². The SMILES string of the molecule is CCc1c(C(C)C)ncc(F)c1C(C)C. The molecular weight excluding hydrogens is 189 g/mol. The summed E-state index contributed by atoms with van der Waals surface area (Å²) in [6, 6.07) is 0. The minimum atomic E-state index is -0.161. The molecule has 1 heterocycles. The molecule has 0 N–H and O–H groups in total. The molecule has 0 aromatic carbocycles.